The highest BCUT2D eigenvalue weighted by molar-refractivity contribution is 7.89. The zero-order chi connectivity index (χ0) is 24.1. The molecule has 1 saturated carbocycles. The molecule has 0 saturated heterocycles. The fourth-order valence-electron chi connectivity index (χ4n) is 4.55. The SMILES string of the molecule is CC(=O)Nc1ccc(S(=O)(=O)N(Cc2cccn2Cc2ccccc2Cl)C2CCCCC2)cc1. The van der Waals surface area contributed by atoms with Gasteiger partial charge in [-0.25, -0.2) is 8.42 Å². The van der Waals surface area contributed by atoms with E-state index in [1.165, 1.54) is 6.92 Å². The Morgan fingerprint density at radius 1 is 1.03 bits per heavy atom. The van der Waals surface area contributed by atoms with Gasteiger partial charge in [-0.15, -0.1) is 0 Å². The van der Waals surface area contributed by atoms with Crippen molar-refractivity contribution in [3.05, 3.63) is 83.1 Å². The quantitative estimate of drug-likeness (QED) is 0.434. The molecule has 8 heteroatoms. The molecular formula is C26H30ClN3O3S. The van der Waals surface area contributed by atoms with E-state index in [2.05, 4.69) is 9.88 Å². The molecule has 1 N–H and O–H groups in total. The van der Waals surface area contributed by atoms with Crippen LogP contribution in [0.3, 0.4) is 0 Å². The van der Waals surface area contributed by atoms with Gasteiger partial charge in [-0.1, -0.05) is 49.1 Å². The van der Waals surface area contributed by atoms with Crippen molar-refractivity contribution in [3.8, 4) is 0 Å². The monoisotopic (exact) mass is 499 g/mol. The highest BCUT2D eigenvalue weighted by Crippen LogP contribution is 2.30. The Hall–Kier alpha value is -2.61. The first kappa shape index (κ1) is 24.5. The van der Waals surface area contributed by atoms with Gasteiger partial charge in [0.15, 0.2) is 0 Å². The summed E-state index contributed by atoms with van der Waals surface area (Å²) in [5.74, 6) is -0.196. The fourth-order valence-corrected chi connectivity index (χ4v) is 6.40. The first-order valence-electron chi connectivity index (χ1n) is 11.6. The second-order valence-electron chi connectivity index (χ2n) is 8.77. The van der Waals surface area contributed by atoms with Gasteiger partial charge in [-0.3, -0.25) is 4.79 Å². The van der Waals surface area contributed by atoms with Crippen LogP contribution in [0.15, 0.2) is 71.8 Å². The van der Waals surface area contributed by atoms with Crippen LogP contribution in [0, 0.1) is 0 Å². The van der Waals surface area contributed by atoms with Crippen LogP contribution in [0.25, 0.3) is 0 Å². The lowest BCUT2D eigenvalue weighted by Gasteiger charge is -2.33. The smallest absolute Gasteiger partial charge is 0.243 e. The Balaban J connectivity index is 1.63. The highest BCUT2D eigenvalue weighted by atomic mass is 35.5. The van der Waals surface area contributed by atoms with Crippen LogP contribution in [0.4, 0.5) is 5.69 Å². The third-order valence-electron chi connectivity index (χ3n) is 6.30. The number of amides is 1. The molecule has 4 rings (SSSR count). The first-order chi connectivity index (χ1) is 16.3. The number of anilines is 1. The molecule has 0 spiro atoms. The van der Waals surface area contributed by atoms with Crippen LogP contribution < -0.4 is 5.32 Å². The number of carbonyl (C=O) groups excluding carboxylic acids is 1. The average Bonchev–Trinajstić information content (AvgIpc) is 3.26. The van der Waals surface area contributed by atoms with Crippen molar-refractivity contribution in [2.45, 2.75) is 63.1 Å². The van der Waals surface area contributed by atoms with Crippen LogP contribution in [0.1, 0.15) is 50.3 Å². The van der Waals surface area contributed by atoms with E-state index >= 15 is 0 Å². The summed E-state index contributed by atoms with van der Waals surface area (Å²) in [5.41, 5.74) is 2.48. The number of benzene rings is 2. The Morgan fingerprint density at radius 2 is 1.74 bits per heavy atom. The number of hydrogen-bond acceptors (Lipinski definition) is 3. The lowest BCUT2D eigenvalue weighted by atomic mass is 9.95. The van der Waals surface area contributed by atoms with Gasteiger partial charge in [-0.05, 0) is 60.9 Å². The lowest BCUT2D eigenvalue weighted by Crippen LogP contribution is -2.41. The van der Waals surface area contributed by atoms with Crippen molar-refractivity contribution >= 4 is 33.2 Å². The Kier molecular flexibility index (Phi) is 7.76. The number of carbonyl (C=O) groups is 1. The summed E-state index contributed by atoms with van der Waals surface area (Å²) in [5, 5.41) is 3.38. The Morgan fingerprint density at radius 3 is 2.41 bits per heavy atom. The predicted molar refractivity (Wildman–Crippen MR) is 135 cm³/mol. The molecule has 2 aromatic carbocycles. The summed E-state index contributed by atoms with van der Waals surface area (Å²) in [6, 6.07) is 18.0. The van der Waals surface area contributed by atoms with Crippen LogP contribution in [-0.4, -0.2) is 29.2 Å². The van der Waals surface area contributed by atoms with E-state index < -0.39 is 10.0 Å². The van der Waals surface area contributed by atoms with Crippen LogP contribution in [0.2, 0.25) is 5.02 Å². The van der Waals surface area contributed by atoms with E-state index in [1.54, 1.807) is 28.6 Å². The largest absolute Gasteiger partial charge is 0.346 e. The molecule has 34 heavy (non-hydrogen) atoms. The summed E-state index contributed by atoms with van der Waals surface area (Å²) in [7, 11) is -3.74. The second kappa shape index (κ2) is 10.8. The topological polar surface area (TPSA) is 71.4 Å². The molecule has 180 valence electrons. The summed E-state index contributed by atoms with van der Waals surface area (Å²) < 4.78 is 31.4. The minimum Gasteiger partial charge on any atom is -0.346 e. The molecule has 0 atom stereocenters. The summed E-state index contributed by atoms with van der Waals surface area (Å²) in [4.78, 5) is 11.6. The average molecular weight is 500 g/mol. The summed E-state index contributed by atoms with van der Waals surface area (Å²) in [6.07, 6.45) is 6.87. The van der Waals surface area contributed by atoms with Gasteiger partial charge in [0.25, 0.3) is 0 Å². The Bertz CT molecular complexity index is 1230. The van der Waals surface area contributed by atoms with Gasteiger partial charge in [0.2, 0.25) is 15.9 Å². The standard InChI is InChI=1S/C26H30ClN3O3S/c1-20(31)28-22-13-15-25(16-14-22)34(32,33)30(23-9-3-2-4-10-23)19-24-11-7-17-29(24)18-21-8-5-6-12-26(21)27/h5-8,11-17,23H,2-4,9-10,18-19H2,1H3,(H,28,31). The lowest BCUT2D eigenvalue weighted by molar-refractivity contribution is -0.114. The van der Waals surface area contributed by atoms with Crippen molar-refractivity contribution in [2.24, 2.45) is 0 Å². The van der Waals surface area contributed by atoms with Gasteiger partial charge in [-0.2, -0.15) is 4.31 Å². The predicted octanol–water partition coefficient (Wildman–Crippen LogP) is 5.67. The van der Waals surface area contributed by atoms with E-state index in [1.807, 2.05) is 42.6 Å². The molecule has 1 heterocycles. The van der Waals surface area contributed by atoms with Gasteiger partial charge in [0, 0.05) is 42.1 Å². The maximum Gasteiger partial charge on any atom is 0.243 e. The molecule has 0 bridgehead atoms. The molecule has 3 aromatic rings. The normalized spacial score (nSPS) is 14.9. The molecular weight excluding hydrogens is 470 g/mol. The summed E-state index contributed by atoms with van der Waals surface area (Å²) >= 11 is 6.37. The molecule has 1 fully saturated rings. The molecule has 6 nitrogen and oxygen atoms in total. The molecule has 1 aromatic heterocycles. The van der Waals surface area contributed by atoms with Crippen molar-refractivity contribution in [3.63, 3.8) is 0 Å². The molecule has 1 aliphatic rings. The summed E-state index contributed by atoms with van der Waals surface area (Å²) in [6.45, 7) is 2.29. The number of halogens is 1. The number of aromatic nitrogens is 1. The van der Waals surface area contributed by atoms with Crippen molar-refractivity contribution in [1.29, 1.82) is 0 Å². The van der Waals surface area contributed by atoms with Gasteiger partial charge >= 0.3 is 0 Å². The van der Waals surface area contributed by atoms with Crippen LogP contribution >= 0.6 is 11.6 Å². The van der Waals surface area contributed by atoms with Gasteiger partial charge in [0.05, 0.1) is 11.4 Å². The second-order valence-corrected chi connectivity index (χ2v) is 11.1. The van der Waals surface area contributed by atoms with Crippen molar-refractivity contribution < 1.29 is 13.2 Å². The number of rotatable bonds is 8. The maximum absolute atomic E-state index is 13.8. The zero-order valence-electron chi connectivity index (χ0n) is 19.3. The third-order valence-corrected chi connectivity index (χ3v) is 8.58. The van der Waals surface area contributed by atoms with E-state index in [4.69, 9.17) is 11.6 Å². The van der Waals surface area contributed by atoms with E-state index in [-0.39, 0.29) is 23.4 Å². The fraction of sp³-hybridized carbons (Fsp3) is 0.346. The maximum atomic E-state index is 13.8. The van der Waals surface area contributed by atoms with E-state index in [0.29, 0.717) is 17.3 Å². The third kappa shape index (κ3) is 5.71. The number of nitrogens with one attached hydrogen (secondary N) is 1. The van der Waals surface area contributed by atoms with Crippen molar-refractivity contribution in [1.82, 2.24) is 8.87 Å². The van der Waals surface area contributed by atoms with Gasteiger partial charge < -0.3 is 9.88 Å². The van der Waals surface area contributed by atoms with Gasteiger partial charge in [0.1, 0.15) is 0 Å². The number of hydrogen-bond donors (Lipinski definition) is 1. The number of sulfonamides is 1. The molecule has 0 aliphatic heterocycles. The van der Waals surface area contributed by atoms with Crippen molar-refractivity contribution in [2.75, 3.05) is 5.32 Å². The first-order valence-corrected chi connectivity index (χ1v) is 13.4. The molecule has 1 amide bonds. The zero-order valence-corrected chi connectivity index (χ0v) is 20.9. The van der Waals surface area contributed by atoms with E-state index in [9.17, 15) is 13.2 Å². The Labute approximate surface area is 206 Å². The van der Waals surface area contributed by atoms with E-state index in [0.717, 1.165) is 43.4 Å². The molecule has 0 unspecified atom stereocenters. The van der Waals surface area contributed by atoms with Crippen LogP contribution in [0.5, 0.6) is 0 Å². The molecule has 1 aliphatic carbocycles. The van der Waals surface area contributed by atoms with Crippen LogP contribution in [-0.2, 0) is 27.9 Å². The number of nitrogens with zero attached hydrogens (tertiary/aromatic N) is 2. The highest BCUT2D eigenvalue weighted by Gasteiger charge is 2.33. The minimum absolute atomic E-state index is 0.0440. The molecule has 0 radical (unpaired) electrons. The minimum atomic E-state index is -3.74.